The van der Waals surface area contributed by atoms with Crippen LogP contribution in [0.15, 0.2) is 53.0 Å². The molecule has 3 rings (SSSR count). The smallest absolute Gasteiger partial charge is 0.291 e. The molecule has 0 radical (unpaired) electrons. The van der Waals surface area contributed by atoms with E-state index in [1.807, 2.05) is 12.1 Å². The number of nitrogens with zero attached hydrogens (tertiary/aromatic N) is 2. The van der Waals surface area contributed by atoms with Gasteiger partial charge in [0.05, 0.1) is 11.5 Å². The summed E-state index contributed by atoms with van der Waals surface area (Å²) in [6, 6.07) is 13.1. The third kappa shape index (κ3) is 3.99. The van der Waals surface area contributed by atoms with Crippen LogP contribution in [0, 0.1) is 10.1 Å². The minimum Gasteiger partial charge on any atom is -0.365 e. The minimum absolute atomic E-state index is 0.0352. The number of carbonyl (C=O) groups excluding carboxylic acids is 2. The number of imide groups is 1. The van der Waals surface area contributed by atoms with Crippen molar-refractivity contribution in [2.24, 2.45) is 0 Å². The number of nitro benzene ring substituents is 1. The van der Waals surface area contributed by atoms with E-state index in [1.54, 1.807) is 24.3 Å². The molecule has 1 saturated heterocycles. The summed E-state index contributed by atoms with van der Waals surface area (Å²) >= 11 is 4.25. The van der Waals surface area contributed by atoms with Gasteiger partial charge in [0.1, 0.15) is 0 Å². The van der Waals surface area contributed by atoms with E-state index in [9.17, 15) is 19.7 Å². The van der Waals surface area contributed by atoms with Gasteiger partial charge in [-0.3, -0.25) is 24.6 Å². The Kier molecular flexibility index (Phi) is 5.05. The molecular formula is C16H12BrN3O4S. The number of nitro groups is 1. The number of hydrogen-bond acceptors (Lipinski definition) is 6. The van der Waals surface area contributed by atoms with Crippen molar-refractivity contribution in [1.82, 2.24) is 4.90 Å². The third-order valence-corrected chi connectivity index (χ3v) is 5.07. The summed E-state index contributed by atoms with van der Waals surface area (Å²) in [6.45, 7) is 0.0845. The molecule has 1 fully saturated rings. The van der Waals surface area contributed by atoms with E-state index < -0.39 is 10.3 Å². The van der Waals surface area contributed by atoms with Gasteiger partial charge >= 0.3 is 0 Å². The molecule has 2 amide bonds. The fourth-order valence-electron chi connectivity index (χ4n) is 2.28. The van der Waals surface area contributed by atoms with Crippen LogP contribution >= 0.6 is 27.7 Å². The Morgan fingerprint density at radius 2 is 1.76 bits per heavy atom. The van der Waals surface area contributed by atoms with Crippen molar-refractivity contribution in [1.29, 1.82) is 0 Å². The molecular weight excluding hydrogens is 410 g/mol. The average Bonchev–Trinajstić information content (AvgIpc) is 2.85. The van der Waals surface area contributed by atoms with Gasteiger partial charge in [-0.05, 0) is 41.6 Å². The topological polar surface area (TPSA) is 92.6 Å². The van der Waals surface area contributed by atoms with Crippen LogP contribution in [-0.4, -0.2) is 26.3 Å². The molecule has 0 unspecified atom stereocenters. The molecule has 9 heteroatoms. The van der Waals surface area contributed by atoms with E-state index in [4.69, 9.17) is 0 Å². The first kappa shape index (κ1) is 17.4. The number of non-ortho nitro benzene ring substituents is 1. The summed E-state index contributed by atoms with van der Waals surface area (Å²) in [4.78, 5) is 35.9. The van der Waals surface area contributed by atoms with Gasteiger partial charge in [-0.25, -0.2) is 0 Å². The molecule has 0 aliphatic carbocycles. The Hall–Kier alpha value is -2.39. The summed E-state index contributed by atoms with van der Waals surface area (Å²) in [6.07, 6.45) is 0. The van der Waals surface area contributed by atoms with Crippen molar-refractivity contribution >= 4 is 50.2 Å². The highest BCUT2D eigenvalue weighted by Crippen LogP contribution is 2.30. The first-order valence-electron chi connectivity index (χ1n) is 7.21. The van der Waals surface area contributed by atoms with Gasteiger partial charge in [-0.15, -0.1) is 0 Å². The minimum atomic E-state index is -0.688. The van der Waals surface area contributed by atoms with Gasteiger partial charge in [0.2, 0.25) is 0 Å². The van der Waals surface area contributed by atoms with E-state index in [1.165, 1.54) is 12.1 Å². The van der Waals surface area contributed by atoms with Crippen LogP contribution in [0.5, 0.6) is 0 Å². The quantitative estimate of drug-likeness (QED) is 0.579. The molecule has 1 aliphatic heterocycles. The van der Waals surface area contributed by atoms with Gasteiger partial charge in [0.25, 0.3) is 16.8 Å². The molecule has 7 nitrogen and oxygen atoms in total. The number of carbonyl (C=O) groups is 2. The highest BCUT2D eigenvalue weighted by atomic mass is 79.9. The van der Waals surface area contributed by atoms with Crippen LogP contribution in [0.25, 0.3) is 0 Å². The van der Waals surface area contributed by atoms with Crippen LogP contribution in [-0.2, 0) is 11.3 Å². The summed E-state index contributed by atoms with van der Waals surface area (Å²) in [5, 5.41) is 12.7. The monoisotopic (exact) mass is 421 g/mol. The number of halogens is 1. The highest BCUT2D eigenvalue weighted by Gasteiger charge is 2.39. The number of hydrogen-bond donors (Lipinski definition) is 1. The van der Waals surface area contributed by atoms with Gasteiger partial charge in [0, 0.05) is 22.3 Å². The second-order valence-corrected chi connectivity index (χ2v) is 7.23. The maximum atomic E-state index is 12.5. The lowest BCUT2D eigenvalue weighted by atomic mass is 10.2. The first-order valence-corrected chi connectivity index (χ1v) is 8.89. The molecule has 128 valence electrons. The van der Waals surface area contributed by atoms with Crippen LogP contribution in [0.4, 0.5) is 16.2 Å². The number of amides is 2. The van der Waals surface area contributed by atoms with Gasteiger partial charge < -0.3 is 5.32 Å². The van der Waals surface area contributed by atoms with E-state index in [-0.39, 0.29) is 23.4 Å². The lowest BCUT2D eigenvalue weighted by molar-refractivity contribution is -0.384. The Morgan fingerprint density at radius 3 is 2.36 bits per heavy atom. The Balaban J connectivity index is 1.68. The molecule has 0 saturated carbocycles. The number of nitrogens with one attached hydrogen (secondary N) is 1. The van der Waals surface area contributed by atoms with Gasteiger partial charge in [0.15, 0.2) is 5.37 Å². The van der Waals surface area contributed by atoms with Crippen molar-refractivity contribution in [3.8, 4) is 0 Å². The predicted molar refractivity (Wildman–Crippen MR) is 98.2 cm³/mol. The molecule has 0 spiro atoms. The normalized spacial score (nSPS) is 17.0. The zero-order valence-corrected chi connectivity index (χ0v) is 15.1. The zero-order valence-electron chi connectivity index (χ0n) is 12.7. The van der Waals surface area contributed by atoms with Crippen molar-refractivity contribution in [3.05, 3.63) is 68.7 Å². The SMILES string of the molecule is O=C1S[C@@H](Nc2ccc(Br)cc2)C(=O)N1Cc1ccc([N+](=O)[O-])cc1. The van der Waals surface area contributed by atoms with E-state index in [2.05, 4.69) is 21.2 Å². The number of thioether (sulfide) groups is 1. The first-order chi connectivity index (χ1) is 11.9. The molecule has 0 aromatic heterocycles. The predicted octanol–water partition coefficient (Wildman–Crippen LogP) is 3.99. The number of rotatable bonds is 5. The van der Waals surface area contributed by atoms with Crippen molar-refractivity contribution in [2.45, 2.75) is 11.9 Å². The number of anilines is 1. The third-order valence-electron chi connectivity index (χ3n) is 3.56. The molecule has 2 aromatic carbocycles. The zero-order chi connectivity index (χ0) is 18.0. The average molecular weight is 422 g/mol. The molecule has 1 aliphatic rings. The van der Waals surface area contributed by atoms with E-state index in [0.29, 0.717) is 5.56 Å². The second kappa shape index (κ2) is 7.24. The number of benzene rings is 2. The summed E-state index contributed by atoms with van der Waals surface area (Å²) in [7, 11) is 0. The Bertz CT molecular complexity index is 826. The van der Waals surface area contributed by atoms with E-state index in [0.717, 1.165) is 26.8 Å². The Morgan fingerprint density at radius 1 is 1.12 bits per heavy atom. The highest BCUT2D eigenvalue weighted by molar-refractivity contribution is 9.10. The maximum Gasteiger partial charge on any atom is 0.291 e. The fourth-order valence-corrected chi connectivity index (χ4v) is 3.45. The van der Waals surface area contributed by atoms with Crippen molar-refractivity contribution < 1.29 is 14.5 Å². The van der Waals surface area contributed by atoms with Crippen LogP contribution in [0.3, 0.4) is 0 Å². The van der Waals surface area contributed by atoms with Gasteiger partial charge in [-0.2, -0.15) is 0 Å². The van der Waals surface area contributed by atoms with Gasteiger partial charge in [-0.1, -0.05) is 28.1 Å². The molecule has 0 bridgehead atoms. The van der Waals surface area contributed by atoms with Crippen molar-refractivity contribution in [3.63, 3.8) is 0 Å². The largest absolute Gasteiger partial charge is 0.365 e. The molecule has 1 N–H and O–H groups in total. The maximum absolute atomic E-state index is 12.5. The lowest BCUT2D eigenvalue weighted by Gasteiger charge is -2.15. The van der Waals surface area contributed by atoms with Crippen LogP contribution < -0.4 is 5.32 Å². The lowest BCUT2D eigenvalue weighted by Crippen LogP contribution is -2.33. The summed E-state index contributed by atoms with van der Waals surface area (Å²) in [5.41, 5.74) is 1.35. The summed E-state index contributed by atoms with van der Waals surface area (Å²) in [5.74, 6) is -0.337. The standard InChI is InChI=1S/C16H12BrN3O4S/c17-11-3-5-12(6-4-11)18-14-15(21)19(16(22)25-14)9-10-1-7-13(8-2-10)20(23)24/h1-8,14,18H,9H2/t14-/m1/s1. The summed E-state index contributed by atoms with van der Waals surface area (Å²) < 4.78 is 0.916. The molecule has 1 heterocycles. The fraction of sp³-hybridized carbons (Fsp3) is 0.125. The van der Waals surface area contributed by atoms with Crippen LogP contribution in [0.2, 0.25) is 0 Å². The Labute approximate surface area is 155 Å². The molecule has 25 heavy (non-hydrogen) atoms. The van der Waals surface area contributed by atoms with E-state index >= 15 is 0 Å². The van der Waals surface area contributed by atoms with Crippen molar-refractivity contribution in [2.75, 3.05) is 5.32 Å². The van der Waals surface area contributed by atoms with Crippen LogP contribution in [0.1, 0.15) is 5.56 Å². The second-order valence-electron chi connectivity index (χ2n) is 5.26. The molecule has 2 aromatic rings. The molecule has 1 atom stereocenters.